The fourth-order valence-electron chi connectivity index (χ4n) is 2.02. The highest BCUT2D eigenvalue weighted by atomic mass is 16.7. The van der Waals surface area contributed by atoms with Crippen LogP contribution < -0.4 is 5.59 Å². The molecule has 19 heavy (non-hydrogen) atoms. The summed E-state index contributed by atoms with van der Waals surface area (Å²) in [5.41, 5.74) is 1.37. The van der Waals surface area contributed by atoms with Gasteiger partial charge in [-0.25, -0.2) is 4.98 Å². The largest absolute Gasteiger partial charge is 0.514 e. The Morgan fingerprint density at radius 3 is 2.26 bits per heavy atom. The molecule has 1 aliphatic heterocycles. The highest BCUT2D eigenvalue weighted by Crippen LogP contribution is 2.36. The van der Waals surface area contributed by atoms with Gasteiger partial charge in [-0.1, -0.05) is 13.0 Å². The van der Waals surface area contributed by atoms with Crippen molar-refractivity contribution < 1.29 is 9.31 Å². The maximum absolute atomic E-state index is 8.98. The molecule has 2 rings (SSSR count). The van der Waals surface area contributed by atoms with E-state index in [2.05, 4.69) is 18.0 Å². The van der Waals surface area contributed by atoms with E-state index < -0.39 is 18.3 Å². The summed E-state index contributed by atoms with van der Waals surface area (Å²) < 4.78 is 12.0. The van der Waals surface area contributed by atoms with E-state index in [1.165, 1.54) is 0 Å². The molecule has 0 N–H and O–H groups in total. The molecule has 2 heterocycles. The van der Waals surface area contributed by atoms with Crippen molar-refractivity contribution in [2.45, 2.75) is 52.2 Å². The van der Waals surface area contributed by atoms with Gasteiger partial charge < -0.3 is 9.31 Å². The maximum atomic E-state index is 8.98. The van der Waals surface area contributed by atoms with Gasteiger partial charge in [-0.05, 0) is 45.7 Å². The molecule has 1 fully saturated rings. The number of hydrogen-bond donors (Lipinski definition) is 0. The number of aromatic nitrogens is 1. The topological polar surface area (TPSA) is 55.1 Å². The highest BCUT2D eigenvalue weighted by Gasteiger charge is 2.52. The molecule has 0 radical (unpaired) electrons. The Morgan fingerprint density at radius 1 is 1.21 bits per heavy atom. The van der Waals surface area contributed by atoms with Gasteiger partial charge in [0.2, 0.25) is 0 Å². The van der Waals surface area contributed by atoms with E-state index in [0.717, 1.165) is 17.6 Å². The number of rotatable bonds is 2. The molecule has 5 heteroatoms. The van der Waals surface area contributed by atoms with Crippen molar-refractivity contribution in [1.29, 1.82) is 5.26 Å². The lowest BCUT2D eigenvalue weighted by molar-refractivity contribution is 0.00578. The average Bonchev–Trinajstić information content (AvgIpc) is 2.57. The normalized spacial score (nSPS) is 20.3. The molecule has 1 saturated heterocycles. The fourth-order valence-corrected chi connectivity index (χ4v) is 2.02. The van der Waals surface area contributed by atoms with E-state index >= 15 is 0 Å². The van der Waals surface area contributed by atoms with Gasteiger partial charge in [0.15, 0.2) is 0 Å². The van der Waals surface area contributed by atoms with E-state index in [4.69, 9.17) is 14.6 Å². The van der Waals surface area contributed by atoms with Crippen LogP contribution in [0, 0.1) is 11.3 Å². The van der Waals surface area contributed by atoms with Crippen molar-refractivity contribution >= 4 is 12.7 Å². The van der Waals surface area contributed by atoms with E-state index in [0.29, 0.717) is 5.69 Å². The van der Waals surface area contributed by atoms with Gasteiger partial charge in [0, 0.05) is 0 Å². The summed E-state index contributed by atoms with van der Waals surface area (Å²) in [5, 5.41) is 8.98. The van der Waals surface area contributed by atoms with Crippen molar-refractivity contribution in [3.8, 4) is 6.07 Å². The minimum Gasteiger partial charge on any atom is -0.398 e. The number of pyridine rings is 1. The molecule has 0 amide bonds. The Hall–Kier alpha value is -1.38. The zero-order chi connectivity index (χ0) is 14.3. The van der Waals surface area contributed by atoms with Crippen molar-refractivity contribution in [1.82, 2.24) is 4.98 Å². The quantitative estimate of drug-likeness (QED) is 0.759. The van der Waals surface area contributed by atoms with E-state index in [1.54, 1.807) is 6.07 Å². The van der Waals surface area contributed by atoms with E-state index in [-0.39, 0.29) is 0 Å². The van der Waals surface area contributed by atoms with Gasteiger partial charge in [-0.15, -0.1) is 0 Å². The molecule has 0 aromatic carbocycles. The van der Waals surface area contributed by atoms with Gasteiger partial charge in [0.25, 0.3) is 0 Å². The number of nitrogens with zero attached hydrogens (tertiary/aromatic N) is 2. The van der Waals surface area contributed by atoms with Crippen molar-refractivity contribution in [2.75, 3.05) is 0 Å². The first kappa shape index (κ1) is 14.0. The lowest BCUT2D eigenvalue weighted by atomic mass is 9.80. The van der Waals surface area contributed by atoms with Crippen LogP contribution in [0.3, 0.4) is 0 Å². The summed E-state index contributed by atoms with van der Waals surface area (Å²) in [6, 6.07) is 5.71. The van der Waals surface area contributed by atoms with Crippen LogP contribution in [-0.2, 0) is 15.7 Å². The lowest BCUT2D eigenvalue weighted by Gasteiger charge is -2.32. The van der Waals surface area contributed by atoms with Gasteiger partial charge in [0.1, 0.15) is 11.8 Å². The molecular formula is C14H19BN2O2. The van der Waals surface area contributed by atoms with Crippen LogP contribution in [0.1, 0.15) is 45.9 Å². The molecule has 100 valence electrons. The minimum atomic E-state index is -0.506. The third kappa shape index (κ3) is 2.38. The van der Waals surface area contributed by atoms with Crippen molar-refractivity contribution in [3.05, 3.63) is 23.4 Å². The van der Waals surface area contributed by atoms with E-state index in [1.807, 2.05) is 33.8 Å². The van der Waals surface area contributed by atoms with Crippen LogP contribution >= 0.6 is 0 Å². The minimum absolute atomic E-state index is 0.391. The number of nitriles is 1. The van der Waals surface area contributed by atoms with Crippen molar-refractivity contribution in [3.63, 3.8) is 0 Å². The predicted molar refractivity (Wildman–Crippen MR) is 74.0 cm³/mol. The van der Waals surface area contributed by atoms with Crippen molar-refractivity contribution in [2.24, 2.45) is 0 Å². The summed E-state index contributed by atoms with van der Waals surface area (Å²) >= 11 is 0. The Labute approximate surface area is 114 Å². The lowest BCUT2D eigenvalue weighted by Crippen LogP contribution is -2.41. The first-order valence-corrected chi connectivity index (χ1v) is 6.56. The summed E-state index contributed by atoms with van der Waals surface area (Å²) in [4.78, 5) is 4.36. The fraction of sp³-hybridized carbons (Fsp3) is 0.571. The molecule has 0 aliphatic carbocycles. The van der Waals surface area contributed by atoms with Gasteiger partial charge in [0.05, 0.1) is 16.8 Å². The van der Waals surface area contributed by atoms with Crippen LogP contribution in [0.5, 0.6) is 0 Å². The Balaban J connectivity index is 2.41. The first-order chi connectivity index (χ1) is 8.80. The third-order valence-electron chi connectivity index (χ3n) is 3.98. The summed E-state index contributed by atoms with van der Waals surface area (Å²) in [5.74, 6) is 0. The second-order valence-electron chi connectivity index (χ2n) is 5.79. The van der Waals surface area contributed by atoms with Gasteiger partial charge in [-0.2, -0.15) is 5.26 Å². The third-order valence-corrected chi connectivity index (χ3v) is 3.98. The maximum Gasteiger partial charge on any atom is 0.514 e. The molecule has 0 spiro atoms. The second-order valence-corrected chi connectivity index (χ2v) is 5.79. The zero-order valence-electron chi connectivity index (χ0n) is 12.2. The smallest absolute Gasteiger partial charge is 0.398 e. The van der Waals surface area contributed by atoms with Crippen LogP contribution in [-0.4, -0.2) is 23.3 Å². The second kappa shape index (κ2) is 4.62. The summed E-state index contributed by atoms with van der Waals surface area (Å²) in [7, 11) is -0.506. The predicted octanol–water partition coefficient (Wildman–Crippen LogP) is 1.81. The van der Waals surface area contributed by atoms with Gasteiger partial charge in [-0.3, -0.25) is 0 Å². The zero-order valence-corrected chi connectivity index (χ0v) is 12.2. The number of aryl methyl sites for hydroxylation is 1. The molecule has 1 aliphatic rings. The van der Waals surface area contributed by atoms with Gasteiger partial charge >= 0.3 is 7.12 Å². The molecule has 0 atom stereocenters. The Kier molecular flexibility index (Phi) is 3.42. The molecule has 0 bridgehead atoms. The van der Waals surface area contributed by atoms with Crippen LogP contribution in [0.2, 0.25) is 0 Å². The average molecular weight is 258 g/mol. The summed E-state index contributed by atoms with van der Waals surface area (Å²) in [6.45, 7) is 10.1. The molecule has 1 aromatic heterocycles. The number of hydrogen-bond acceptors (Lipinski definition) is 4. The molecule has 4 nitrogen and oxygen atoms in total. The molecular weight excluding hydrogens is 239 g/mol. The molecule has 0 unspecified atom stereocenters. The monoisotopic (exact) mass is 258 g/mol. The van der Waals surface area contributed by atoms with Crippen LogP contribution in [0.25, 0.3) is 0 Å². The Morgan fingerprint density at radius 2 is 1.79 bits per heavy atom. The van der Waals surface area contributed by atoms with Crippen LogP contribution in [0.15, 0.2) is 12.1 Å². The summed E-state index contributed by atoms with van der Waals surface area (Å²) in [6.07, 6.45) is 0.831. The highest BCUT2D eigenvalue weighted by molar-refractivity contribution is 6.61. The van der Waals surface area contributed by atoms with E-state index in [9.17, 15) is 0 Å². The SMILES string of the molecule is CCc1ccc(C#N)nc1B1OC(C)(C)C(C)(C)O1. The Bertz CT molecular complexity index is 519. The molecule has 0 saturated carbocycles. The first-order valence-electron chi connectivity index (χ1n) is 6.56. The standard InChI is InChI=1S/C14H19BN2O2/c1-6-10-7-8-11(9-16)17-12(10)15-18-13(2,3)14(4,5)19-15/h7-8H,6H2,1-5H3. The van der Waals surface area contributed by atoms with Crippen LogP contribution in [0.4, 0.5) is 0 Å². The molecule has 1 aromatic rings.